The summed E-state index contributed by atoms with van der Waals surface area (Å²) in [4.78, 5) is 9.95. The molecule has 8 heteroatoms. The first-order valence-electron chi connectivity index (χ1n) is 5.31. The van der Waals surface area contributed by atoms with Crippen molar-refractivity contribution in [2.45, 2.75) is 5.54 Å². The highest BCUT2D eigenvalue weighted by molar-refractivity contribution is 5.62. The molecule has 0 radical (unpaired) electrons. The molecule has 1 aromatic carbocycles. The van der Waals surface area contributed by atoms with Crippen LogP contribution < -0.4 is 5.32 Å². The second kappa shape index (κ2) is 6.10. The van der Waals surface area contributed by atoms with Gasteiger partial charge in [-0.1, -0.05) is 0 Å². The van der Waals surface area contributed by atoms with E-state index in [1.807, 2.05) is 0 Å². The van der Waals surface area contributed by atoms with Crippen molar-refractivity contribution >= 4 is 11.4 Å². The van der Waals surface area contributed by atoms with E-state index in [0.717, 1.165) is 6.07 Å². The number of nitro benzene ring substituents is 1. The van der Waals surface area contributed by atoms with E-state index in [1.165, 1.54) is 12.1 Å². The summed E-state index contributed by atoms with van der Waals surface area (Å²) in [6.07, 6.45) is 0. The second-order valence-electron chi connectivity index (χ2n) is 3.98. The van der Waals surface area contributed by atoms with E-state index < -0.39 is 30.3 Å². The Hall–Kier alpha value is -2.21. The smallest absolute Gasteiger partial charge is 0.270 e. The van der Waals surface area contributed by atoms with Crippen LogP contribution in [0.15, 0.2) is 18.2 Å². The van der Waals surface area contributed by atoms with Crippen molar-refractivity contribution in [3.8, 4) is 6.07 Å². The predicted molar refractivity (Wildman–Crippen MR) is 65.4 cm³/mol. The fourth-order valence-electron chi connectivity index (χ4n) is 1.40. The van der Waals surface area contributed by atoms with Crippen molar-refractivity contribution in [2.75, 3.05) is 25.1 Å². The molecule has 19 heavy (non-hydrogen) atoms. The van der Waals surface area contributed by atoms with E-state index in [9.17, 15) is 25.4 Å². The summed E-state index contributed by atoms with van der Waals surface area (Å²) in [6, 6.07) is 5.31. The Morgan fingerprint density at radius 1 is 1.32 bits per heavy atom. The molecule has 8 nitrogen and oxygen atoms in total. The number of rotatable bonds is 6. The molecule has 0 atom stereocenters. The molecular formula is C11H13N3O5. The summed E-state index contributed by atoms with van der Waals surface area (Å²) < 4.78 is 0. The van der Waals surface area contributed by atoms with Crippen LogP contribution in [0.2, 0.25) is 0 Å². The van der Waals surface area contributed by atoms with Crippen LogP contribution in [0.1, 0.15) is 5.56 Å². The zero-order valence-electron chi connectivity index (χ0n) is 9.91. The molecule has 0 fully saturated rings. The largest absolute Gasteiger partial charge is 0.394 e. The van der Waals surface area contributed by atoms with Crippen molar-refractivity contribution in [1.82, 2.24) is 0 Å². The lowest BCUT2D eigenvalue weighted by Gasteiger charge is -2.30. The topological polar surface area (TPSA) is 140 Å². The number of aliphatic hydroxyl groups is 3. The lowest BCUT2D eigenvalue weighted by molar-refractivity contribution is -0.384. The van der Waals surface area contributed by atoms with Gasteiger partial charge in [-0.05, 0) is 6.07 Å². The standard InChI is InChI=1S/C11H13N3O5/c12-4-8-3-9(14(18)19)1-2-10(8)13-11(5-15,6-16)7-17/h1-3,13,15-17H,5-7H2. The van der Waals surface area contributed by atoms with Crippen LogP contribution in [0.25, 0.3) is 0 Å². The Labute approximate surface area is 108 Å². The second-order valence-corrected chi connectivity index (χ2v) is 3.98. The predicted octanol–water partition coefficient (Wildman–Crippen LogP) is -0.406. The van der Waals surface area contributed by atoms with Gasteiger partial charge in [0.15, 0.2) is 0 Å². The Morgan fingerprint density at radius 2 is 1.89 bits per heavy atom. The zero-order chi connectivity index (χ0) is 14.5. The molecule has 1 rings (SSSR count). The Bertz CT molecular complexity index is 499. The van der Waals surface area contributed by atoms with Crippen molar-refractivity contribution in [1.29, 1.82) is 5.26 Å². The van der Waals surface area contributed by atoms with E-state index in [2.05, 4.69) is 5.32 Å². The first-order chi connectivity index (χ1) is 9.01. The molecule has 0 amide bonds. The van der Waals surface area contributed by atoms with Crippen molar-refractivity contribution in [3.63, 3.8) is 0 Å². The number of non-ortho nitro benzene ring substituents is 1. The van der Waals surface area contributed by atoms with Gasteiger partial charge < -0.3 is 20.6 Å². The maximum Gasteiger partial charge on any atom is 0.270 e. The minimum atomic E-state index is -1.40. The SMILES string of the molecule is N#Cc1cc([N+](=O)[O-])ccc1NC(CO)(CO)CO. The number of anilines is 1. The molecule has 4 N–H and O–H groups in total. The number of nitrogens with zero attached hydrogens (tertiary/aromatic N) is 2. The number of nitrogens with one attached hydrogen (secondary N) is 1. The molecule has 102 valence electrons. The highest BCUT2D eigenvalue weighted by atomic mass is 16.6. The van der Waals surface area contributed by atoms with Crippen LogP contribution in [-0.4, -0.2) is 45.6 Å². The third kappa shape index (κ3) is 3.17. The summed E-state index contributed by atoms with van der Waals surface area (Å²) in [5.41, 5.74) is -1.48. The van der Waals surface area contributed by atoms with Crippen LogP contribution in [0.3, 0.4) is 0 Å². The fraction of sp³-hybridized carbons (Fsp3) is 0.364. The van der Waals surface area contributed by atoms with Gasteiger partial charge in [-0.3, -0.25) is 10.1 Å². The van der Waals surface area contributed by atoms with Crippen LogP contribution in [0.4, 0.5) is 11.4 Å². The molecule has 0 bridgehead atoms. The molecule has 0 unspecified atom stereocenters. The zero-order valence-corrected chi connectivity index (χ0v) is 9.91. The van der Waals surface area contributed by atoms with Gasteiger partial charge in [-0.15, -0.1) is 0 Å². The average Bonchev–Trinajstić information content (AvgIpc) is 2.44. The van der Waals surface area contributed by atoms with Gasteiger partial charge in [-0.2, -0.15) is 5.26 Å². The molecule has 0 saturated carbocycles. The number of hydrogen-bond acceptors (Lipinski definition) is 7. The van der Waals surface area contributed by atoms with Crippen molar-refractivity contribution < 1.29 is 20.2 Å². The molecule has 0 aromatic heterocycles. The number of hydrogen-bond donors (Lipinski definition) is 4. The average molecular weight is 267 g/mol. The maximum absolute atomic E-state index is 10.6. The van der Waals surface area contributed by atoms with Gasteiger partial charge in [0.2, 0.25) is 0 Å². The van der Waals surface area contributed by atoms with E-state index in [4.69, 9.17) is 5.26 Å². The molecule has 0 aliphatic carbocycles. The van der Waals surface area contributed by atoms with Gasteiger partial charge in [0.1, 0.15) is 11.6 Å². The molecule has 0 saturated heterocycles. The number of nitro groups is 1. The lowest BCUT2D eigenvalue weighted by Crippen LogP contribution is -2.49. The normalized spacial score (nSPS) is 10.8. The lowest BCUT2D eigenvalue weighted by atomic mass is 10.0. The summed E-state index contributed by atoms with van der Waals surface area (Å²) in [7, 11) is 0. The third-order valence-electron chi connectivity index (χ3n) is 2.64. The molecule has 0 heterocycles. The molecular weight excluding hydrogens is 254 g/mol. The van der Waals surface area contributed by atoms with E-state index in [0.29, 0.717) is 0 Å². The first kappa shape index (κ1) is 14.8. The number of aliphatic hydroxyl groups excluding tert-OH is 3. The van der Waals surface area contributed by atoms with Gasteiger partial charge >= 0.3 is 0 Å². The van der Waals surface area contributed by atoms with Crippen LogP contribution in [0, 0.1) is 21.4 Å². The summed E-state index contributed by atoms with van der Waals surface area (Å²) in [5, 5.41) is 49.7. The summed E-state index contributed by atoms with van der Waals surface area (Å²) in [6.45, 7) is -1.70. The van der Waals surface area contributed by atoms with Gasteiger partial charge in [0, 0.05) is 12.1 Å². The summed E-state index contributed by atoms with van der Waals surface area (Å²) in [5.74, 6) is 0. The monoisotopic (exact) mass is 267 g/mol. The van der Waals surface area contributed by atoms with Crippen LogP contribution in [0.5, 0.6) is 0 Å². The molecule has 0 aliphatic heterocycles. The first-order valence-corrected chi connectivity index (χ1v) is 5.31. The Kier molecular flexibility index (Phi) is 4.77. The number of benzene rings is 1. The van der Waals surface area contributed by atoms with Crippen molar-refractivity contribution in [2.24, 2.45) is 0 Å². The number of nitriles is 1. The van der Waals surface area contributed by atoms with Gasteiger partial charge in [0.05, 0.1) is 36.0 Å². The van der Waals surface area contributed by atoms with Gasteiger partial charge in [0.25, 0.3) is 5.69 Å². The minimum absolute atomic E-state index is 0.0195. The summed E-state index contributed by atoms with van der Waals surface area (Å²) >= 11 is 0. The van der Waals surface area contributed by atoms with E-state index >= 15 is 0 Å². The Balaban J connectivity index is 3.15. The van der Waals surface area contributed by atoms with E-state index in [-0.39, 0.29) is 16.9 Å². The van der Waals surface area contributed by atoms with Gasteiger partial charge in [-0.25, -0.2) is 0 Å². The molecule has 0 aliphatic rings. The highest BCUT2D eigenvalue weighted by Gasteiger charge is 2.29. The fourth-order valence-corrected chi connectivity index (χ4v) is 1.40. The third-order valence-corrected chi connectivity index (χ3v) is 2.64. The quantitative estimate of drug-likeness (QED) is 0.406. The highest BCUT2D eigenvalue weighted by Crippen LogP contribution is 2.24. The van der Waals surface area contributed by atoms with E-state index in [1.54, 1.807) is 6.07 Å². The molecule has 0 spiro atoms. The molecule has 1 aromatic rings. The van der Waals surface area contributed by atoms with Crippen LogP contribution >= 0.6 is 0 Å². The minimum Gasteiger partial charge on any atom is -0.394 e. The van der Waals surface area contributed by atoms with Crippen LogP contribution in [-0.2, 0) is 0 Å². The van der Waals surface area contributed by atoms with Crippen molar-refractivity contribution in [3.05, 3.63) is 33.9 Å². The Morgan fingerprint density at radius 3 is 2.32 bits per heavy atom. The maximum atomic E-state index is 10.6.